The molecule has 1 N–H and O–H groups in total. The SMILES string of the molecule is CC/C(=N/NS(=O)(=O)c1ccc(C)c([N+](=O)[O-])c1)c1ccccc1. The number of sulfonamides is 1. The van der Waals surface area contributed by atoms with E-state index >= 15 is 0 Å². The number of nitro groups is 1. The predicted octanol–water partition coefficient (Wildman–Crippen LogP) is 3.00. The lowest BCUT2D eigenvalue weighted by atomic mass is 10.1. The molecule has 0 spiro atoms. The second kappa shape index (κ2) is 7.22. The fourth-order valence-corrected chi connectivity index (χ4v) is 2.95. The molecule has 126 valence electrons. The van der Waals surface area contributed by atoms with Crippen molar-refractivity contribution >= 4 is 21.4 Å². The topological polar surface area (TPSA) is 102 Å². The van der Waals surface area contributed by atoms with Gasteiger partial charge >= 0.3 is 0 Å². The van der Waals surface area contributed by atoms with E-state index in [1.807, 2.05) is 37.3 Å². The number of hydrazone groups is 1. The van der Waals surface area contributed by atoms with Crippen molar-refractivity contribution in [1.29, 1.82) is 0 Å². The maximum absolute atomic E-state index is 12.3. The third-order valence-electron chi connectivity index (χ3n) is 3.43. The van der Waals surface area contributed by atoms with Crippen LogP contribution < -0.4 is 4.83 Å². The molecule has 0 saturated carbocycles. The van der Waals surface area contributed by atoms with Crippen LogP contribution in [-0.4, -0.2) is 19.1 Å². The Morgan fingerprint density at radius 2 is 1.88 bits per heavy atom. The van der Waals surface area contributed by atoms with Crippen molar-refractivity contribution in [2.24, 2.45) is 5.10 Å². The number of aryl methyl sites for hydroxylation is 1. The Labute approximate surface area is 140 Å². The third-order valence-corrected chi connectivity index (χ3v) is 4.64. The van der Waals surface area contributed by atoms with E-state index in [1.54, 1.807) is 6.92 Å². The van der Waals surface area contributed by atoms with Crippen LogP contribution in [0.5, 0.6) is 0 Å². The highest BCUT2D eigenvalue weighted by Crippen LogP contribution is 2.22. The molecular weight excluding hydrogens is 330 g/mol. The van der Waals surface area contributed by atoms with Crippen LogP contribution in [0.2, 0.25) is 0 Å². The molecule has 7 nitrogen and oxygen atoms in total. The second-order valence-electron chi connectivity index (χ2n) is 5.08. The lowest BCUT2D eigenvalue weighted by molar-refractivity contribution is -0.385. The summed E-state index contributed by atoms with van der Waals surface area (Å²) in [6.07, 6.45) is 0.528. The largest absolute Gasteiger partial charge is 0.276 e. The highest BCUT2D eigenvalue weighted by molar-refractivity contribution is 7.89. The normalized spacial score (nSPS) is 12.0. The molecule has 0 amide bonds. The number of hydrogen-bond donors (Lipinski definition) is 1. The minimum absolute atomic E-state index is 0.202. The zero-order valence-electron chi connectivity index (χ0n) is 13.3. The van der Waals surface area contributed by atoms with Gasteiger partial charge in [-0.2, -0.15) is 18.4 Å². The summed E-state index contributed by atoms with van der Waals surface area (Å²) in [6.45, 7) is 3.40. The molecule has 0 unspecified atom stereocenters. The van der Waals surface area contributed by atoms with Crippen LogP contribution in [0.3, 0.4) is 0 Å². The summed E-state index contributed by atoms with van der Waals surface area (Å²) in [4.78, 5) is 12.3. The first kappa shape index (κ1) is 17.6. The van der Waals surface area contributed by atoms with E-state index in [4.69, 9.17) is 0 Å². The van der Waals surface area contributed by atoms with Gasteiger partial charge in [0.05, 0.1) is 15.5 Å². The van der Waals surface area contributed by atoms with E-state index in [0.29, 0.717) is 17.7 Å². The molecule has 0 bridgehead atoms. The number of benzene rings is 2. The average Bonchev–Trinajstić information content (AvgIpc) is 2.56. The average molecular weight is 347 g/mol. The van der Waals surface area contributed by atoms with Gasteiger partial charge in [-0.3, -0.25) is 10.1 Å². The van der Waals surface area contributed by atoms with Crippen molar-refractivity contribution in [3.05, 3.63) is 69.8 Å². The Balaban J connectivity index is 2.33. The Hall–Kier alpha value is -2.74. The molecule has 8 heteroatoms. The molecule has 0 saturated heterocycles. The monoisotopic (exact) mass is 347 g/mol. The minimum atomic E-state index is -3.99. The Kier molecular flexibility index (Phi) is 5.30. The van der Waals surface area contributed by atoms with E-state index < -0.39 is 14.9 Å². The molecule has 0 radical (unpaired) electrons. The third kappa shape index (κ3) is 3.96. The van der Waals surface area contributed by atoms with Crippen molar-refractivity contribution < 1.29 is 13.3 Å². The first-order valence-electron chi connectivity index (χ1n) is 7.24. The molecule has 2 aromatic carbocycles. The zero-order valence-corrected chi connectivity index (χ0v) is 14.1. The summed E-state index contributed by atoms with van der Waals surface area (Å²) in [5.41, 5.74) is 1.51. The van der Waals surface area contributed by atoms with Crippen LogP contribution in [0.1, 0.15) is 24.5 Å². The number of nitro benzene ring substituents is 1. The van der Waals surface area contributed by atoms with Gasteiger partial charge in [-0.15, -0.1) is 0 Å². The zero-order chi connectivity index (χ0) is 17.7. The van der Waals surface area contributed by atoms with Crippen LogP contribution in [0.4, 0.5) is 5.69 Å². The Morgan fingerprint density at radius 3 is 2.46 bits per heavy atom. The predicted molar refractivity (Wildman–Crippen MR) is 91.4 cm³/mol. The summed E-state index contributed by atoms with van der Waals surface area (Å²) in [6, 6.07) is 12.9. The fourth-order valence-electron chi connectivity index (χ4n) is 2.10. The van der Waals surface area contributed by atoms with Crippen molar-refractivity contribution in [3.63, 3.8) is 0 Å². The molecule has 0 heterocycles. The maximum Gasteiger partial charge on any atom is 0.276 e. The summed E-state index contributed by atoms with van der Waals surface area (Å²) in [7, 11) is -3.99. The van der Waals surface area contributed by atoms with Crippen LogP contribution in [0, 0.1) is 17.0 Å². The van der Waals surface area contributed by atoms with Gasteiger partial charge in [0.25, 0.3) is 15.7 Å². The highest BCUT2D eigenvalue weighted by atomic mass is 32.2. The van der Waals surface area contributed by atoms with Gasteiger partial charge in [0.2, 0.25) is 0 Å². The van der Waals surface area contributed by atoms with Gasteiger partial charge in [0.15, 0.2) is 0 Å². The molecule has 2 aromatic rings. The number of nitrogens with zero attached hydrogens (tertiary/aromatic N) is 2. The van der Waals surface area contributed by atoms with E-state index in [9.17, 15) is 18.5 Å². The van der Waals surface area contributed by atoms with Gasteiger partial charge in [0, 0.05) is 11.6 Å². The first-order valence-corrected chi connectivity index (χ1v) is 8.72. The van der Waals surface area contributed by atoms with E-state index in [0.717, 1.165) is 11.6 Å². The molecule has 24 heavy (non-hydrogen) atoms. The first-order chi connectivity index (χ1) is 11.3. The van der Waals surface area contributed by atoms with Crippen molar-refractivity contribution in [2.75, 3.05) is 0 Å². The number of rotatable bonds is 6. The van der Waals surface area contributed by atoms with Crippen molar-refractivity contribution in [3.8, 4) is 0 Å². The summed E-state index contributed by atoms with van der Waals surface area (Å²) in [5, 5.41) is 14.9. The second-order valence-corrected chi connectivity index (χ2v) is 6.74. The lowest BCUT2D eigenvalue weighted by Crippen LogP contribution is -2.20. The van der Waals surface area contributed by atoms with Crippen LogP contribution in [0.25, 0.3) is 0 Å². The highest BCUT2D eigenvalue weighted by Gasteiger charge is 2.19. The Bertz CT molecular complexity index is 877. The standard InChI is InChI=1S/C16H17N3O4S/c1-3-15(13-7-5-4-6-8-13)17-18-24(22,23)14-10-9-12(2)16(11-14)19(20)21/h4-11,18H,3H2,1-2H3/b17-15-. The smallest absolute Gasteiger partial charge is 0.258 e. The van der Waals surface area contributed by atoms with Crippen LogP contribution in [-0.2, 0) is 10.0 Å². The van der Waals surface area contributed by atoms with E-state index in [-0.39, 0.29) is 10.6 Å². The van der Waals surface area contributed by atoms with Crippen LogP contribution in [0.15, 0.2) is 58.5 Å². The summed E-state index contributed by atoms with van der Waals surface area (Å²) in [5.74, 6) is 0. The summed E-state index contributed by atoms with van der Waals surface area (Å²) < 4.78 is 24.7. The fraction of sp³-hybridized carbons (Fsp3) is 0.188. The van der Waals surface area contributed by atoms with Crippen molar-refractivity contribution in [2.45, 2.75) is 25.2 Å². The molecule has 0 fully saturated rings. The Morgan fingerprint density at radius 1 is 1.21 bits per heavy atom. The lowest BCUT2D eigenvalue weighted by Gasteiger charge is -2.07. The summed E-state index contributed by atoms with van der Waals surface area (Å²) >= 11 is 0. The van der Waals surface area contributed by atoms with Crippen molar-refractivity contribution in [1.82, 2.24) is 4.83 Å². The maximum atomic E-state index is 12.3. The molecule has 0 aliphatic carbocycles. The molecule has 0 aliphatic rings. The van der Waals surface area contributed by atoms with E-state index in [1.165, 1.54) is 12.1 Å². The quantitative estimate of drug-likeness (QED) is 0.493. The molecule has 0 aromatic heterocycles. The number of nitrogens with one attached hydrogen (secondary N) is 1. The van der Waals surface area contributed by atoms with Gasteiger partial charge in [-0.1, -0.05) is 43.3 Å². The van der Waals surface area contributed by atoms with Gasteiger partial charge < -0.3 is 0 Å². The van der Waals surface area contributed by atoms with Gasteiger partial charge in [0.1, 0.15) is 0 Å². The van der Waals surface area contributed by atoms with E-state index in [2.05, 4.69) is 9.93 Å². The van der Waals surface area contributed by atoms with Crippen LogP contribution >= 0.6 is 0 Å². The molecular formula is C16H17N3O4S. The van der Waals surface area contributed by atoms with Gasteiger partial charge in [-0.25, -0.2) is 0 Å². The number of hydrogen-bond acceptors (Lipinski definition) is 5. The molecule has 0 aliphatic heterocycles. The minimum Gasteiger partial charge on any atom is -0.258 e. The van der Waals surface area contributed by atoms with Gasteiger partial charge in [-0.05, 0) is 25.0 Å². The molecule has 0 atom stereocenters. The molecule has 2 rings (SSSR count).